The number of para-hydroxylation sites is 1. The van der Waals surface area contributed by atoms with Gasteiger partial charge in [-0.3, -0.25) is 4.98 Å². The predicted molar refractivity (Wildman–Crippen MR) is 138 cm³/mol. The van der Waals surface area contributed by atoms with E-state index in [2.05, 4.69) is 31.0 Å². The molecule has 36 heavy (non-hydrogen) atoms. The number of benzene rings is 4. The smallest absolute Gasteiger partial charge is 0.418 e. The summed E-state index contributed by atoms with van der Waals surface area (Å²) in [7, 11) is 0. The molecule has 0 spiro atoms. The number of halogens is 3. The van der Waals surface area contributed by atoms with Crippen molar-refractivity contribution in [3.05, 3.63) is 119 Å². The van der Waals surface area contributed by atoms with Crippen LogP contribution in [0.2, 0.25) is 0 Å². The van der Waals surface area contributed by atoms with Gasteiger partial charge in [-0.2, -0.15) is 13.2 Å². The maximum Gasteiger partial charge on any atom is 0.418 e. The highest BCUT2D eigenvalue weighted by Gasteiger charge is 2.33. The molecule has 0 amide bonds. The lowest BCUT2D eigenvalue weighted by Crippen LogP contribution is -2.07. The van der Waals surface area contributed by atoms with E-state index in [-0.39, 0.29) is 5.52 Å². The topological polar surface area (TPSA) is 22.1 Å². The van der Waals surface area contributed by atoms with Gasteiger partial charge in [-0.25, -0.2) is 0 Å². The van der Waals surface area contributed by atoms with Gasteiger partial charge in [0, 0.05) is 22.7 Å². The van der Waals surface area contributed by atoms with Crippen LogP contribution in [0.5, 0.6) is 5.75 Å². The molecule has 0 unspecified atom stereocenters. The Morgan fingerprint density at radius 2 is 1.42 bits per heavy atom. The van der Waals surface area contributed by atoms with Crippen LogP contribution in [0.15, 0.2) is 97.2 Å². The van der Waals surface area contributed by atoms with Gasteiger partial charge in [-0.05, 0) is 59.9 Å². The first kappa shape index (κ1) is 23.6. The molecule has 0 saturated heterocycles. The maximum atomic E-state index is 13.8. The lowest BCUT2D eigenvalue weighted by atomic mass is 9.91. The first-order chi connectivity index (χ1) is 17.3. The number of fused-ring (bicyclic) bond motifs is 1. The number of nitrogens with zero attached hydrogens (tertiary/aromatic N) is 1. The molecule has 1 aromatic heterocycles. The molecule has 0 radical (unpaired) electrons. The highest BCUT2D eigenvalue weighted by atomic mass is 19.4. The number of aryl methyl sites for hydroxylation is 2. The van der Waals surface area contributed by atoms with Crippen LogP contribution in [0.25, 0.3) is 33.2 Å². The zero-order valence-corrected chi connectivity index (χ0v) is 19.9. The van der Waals surface area contributed by atoms with E-state index in [0.29, 0.717) is 23.3 Å². The lowest BCUT2D eigenvalue weighted by molar-refractivity contribution is -0.136. The highest BCUT2D eigenvalue weighted by molar-refractivity contribution is 6.03. The molecule has 180 valence electrons. The quantitative estimate of drug-likeness (QED) is 0.249. The second-order valence-electron chi connectivity index (χ2n) is 8.80. The number of ether oxygens (including phenoxy) is 1. The lowest BCUT2D eigenvalue weighted by Gasteiger charge is -2.17. The van der Waals surface area contributed by atoms with Crippen molar-refractivity contribution >= 4 is 10.9 Å². The molecular formula is C31H24F3NO. The molecule has 0 aliphatic rings. The van der Waals surface area contributed by atoms with Gasteiger partial charge in [-0.1, -0.05) is 72.8 Å². The summed E-state index contributed by atoms with van der Waals surface area (Å²) in [5.74, 6) is 0.645. The average molecular weight is 484 g/mol. The molecule has 5 aromatic rings. The molecule has 0 saturated carbocycles. The maximum absolute atomic E-state index is 13.8. The Morgan fingerprint density at radius 3 is 2.14 bits per heavy atom. The first-order valence-electron chi connectivity index (χ1n) is 11.7. The minimum atomic E-state index is -4.51. The van der Waals surface area contributed by atoms with Gasteiger partial charge in [0.1, 0.15) is 12.4 Å². The number of hydrogen-bond donors (Lipinski definition) is 0. The van der Waals surface area contributed by atoms with Gasteiger partial charge in [-0.15, -0.1) is 0 Å². The molecule has 0 aliphatic carbocycles. The fraction of sp³-hybridized carbons (Fsp3) is 0.129. The molecule has 0 atom stereocenters. The van der Waals surface area contributed by atoms with Crippen LogP contribution in [0.4, 0.5) is 13.2 Å². The van der Waals surface area contributed by atoms with Crippen LogP contribution in [0, 0.1) is 13.8 Å². The third-order valence-corrected chi connectivity index (χ3v) is 6.44. The first-order valence-corrected chi connectivity index (χ1v) is 11.7. The summed E-state index contributed by atoms with van der Waals surface area (Å²) in [5, 5.41) is 0.443. The second-order valence-corrected chi connectivity index (χ2v) is 8.80. The van der Waals surface area contributed by atoms with Crippen molar-refractivity contribution in [1.29, 1.82) is 0 Å². The fourth-order valence-electron chi connectivity index (χ4n) is 4.57. The molecule has 0 bridgehead atoms. The molecular weight excluding hydrogens is 459 g/mol. The van der Waals surface area contributed by atoms with Gasteiger partial charge in [0.25, 0.3) is 0 Å². The van der Waals surface area contributed by atoms with Gasteiger partial charge < -0.3 is 4.74 Å². The van der Waals surface area contributed by atoms with Crippen LogP contribution >= 0.6 is 0 Å². The van der Waals surface area contributed by atoms with Crippen molar-refractivity contribution in [3.63, 3.8) is 0 Å². The third kappa shape index (κ3) is 4.57. The van der Waals surface area contributed by atoms with Crippen molar-refractivity contribution in [2.24, 2.45) is 0 Å². The number of hydrogen-bond acceptors (Lipinski definition) is 2. The Balaban J connectivity index is 1.65. The van der Waals surface area contributed by atoms with Crippen molar-refractivity contribution in [1.82, 2.24) is 4.98 Å². The largest absolute Gasteiger partial charge is 0.489 e. The van der Waals surface area contributed by atoms with E-state index in [1.807, 2.05) is 60.7 Å². The molecule has 4 aromatic carbocycles. The van der Waals surface area contributed by atoms with E-state index in [1.54, 1.807) is 6.07 Å². The molecule has 0 N–H and O–H groups in total. The zero-order valence-electron chi connectivity index (χ0n) is 19.9. The molecule has 5 heteroatoms. The van der Waals surface area contributed by atoms with Crippen molar-refractivity contribution in [2.45, 2.75) is 26.6 Å². The number of rotatable bonds is 5. The van der Waals surface area contributed by atoms with E-state index < -0.39 is 11.7 Å². The van der Waals surface area contributed by atoms with Crippen LogP contribution in [0.3, 0.4) is 0 Å². The van der Waals surface area contributed by atoms with Crippen LogP contribution in [-0.4, -0.2) is 4.98 Å². The van der Waals surface area contributed by atoms with Crippen LogP contribution in [-0.2, 0) is 12.8 Å². The van der Waals surface area contributed by atoms with Crippen molar-refractivity contribution < 1.29 is 17.9 Å². The Bertz CT molecular complexity index is 1520. The molecule has 1 heterocycles. The fourth-order valence-corrected chi connectivity index (χ4v) is 4.57. The molecule has 5 rings (SSSR count). The van der Waals surface area contributed by atoms with Gasteiger partial charge in [0.15, 0.2) is 0 Å². The Hall–Kier alpha value is -4.12. The standard InChI is InChI=1S/C31H24F3NO/c1-20-9-6-10-21(2)27(20)19-36-24-14-7-13-23(17-24)29-25-15-8-16-28(31(32,33)34)30(25)35-18-26(29)22-11-4-3-5-12-22/h3-18H,19H2,1-2H3. The predicted octanol–water partition coefficient (Wildman–Crippen LogP) is 8.78. The van der Waals surface area contributed by atoms with E-state index in [9.17, 15) is 13.2 Å². The third-order valence-electron chi connectivity index (χ3n) is 6.44. The summed E-state index contributed by atoms with van der Waals surface area (Å²) >= 11 is 0. The van der Waals surface area contributed by atoms with Gasteiger partial charge in [0.05, 0.1) is 11.1 Å². The van der Waals surface area contributed by atoms with Crippen LogP contribution in [0.1, 0.15) is 22.3 Å². The normalized spacial score (nSPS) is 11.6. The Labute approximate surface area is 208 Å². The summed E-state index contributed by atoms with van der Waals surface area (Å²) in [5.41, 5.74) is 5.70. The molecule has 2 nitrogen and oxygen atoms in total. The minimum Gasteiger partial charge on any atom is -0.489 e. The monoisotopic (exact) mass is 483 g/mol. The van der Waals surface area contributed by atoms with Gasteiger partial charge >= 0.3 is 6.18 Å². The average Bonchev–Trinajstić information content (AvgIpc) is 2.87. The zero-order chi connectivity index (χ0) is 25.3. The summed E-state index contributed by atoms with van der Waals surface area (Å²) in [6, 6.07) is 27.4. The van der Waals surface area contributed by atoms with Gasteiger partial charge in [0.2, 0.25) is 0 Å². The van der Waals surface area contributed by atoms with E-state index in [4.69, 9.17) is 4.74 Å². The summed E-state index contributed by atoms with van der Waals surface area (Å²) in [6.07, 6.45) is -2.97. The summed E-state index contributed by atoms with van der Waals surface area (Å²) in [4.78, 5) is 4.28. The summed E-state index contributed by atoms with van der Waals surface area (Å²) < 4.78 is 47.6. The Kier molecular flexibility index (Phi) is 6.23. The van der Waals surface area contributed by atoms with E-state index in [1.165, 1.54) is 12.3 Å². The number of alkyl halides is 3. The number of pyridine rings is 1. The van der Waals surface area contributed by atoms with E-state index >= 15 is 0 Å². The highest BCUT2D eigenvalue weighted by Crippen LogP contribution is 2.42. The van der Waals surface area contributed by atoms with E-state index in [0.717, 1.165) is 39.4 Å². The SMILES string of the molecule is Cc1cccc(C)c1COc1cccc(-c2c(-c3ccccc3)cnc3c(C(F)(F)F)cccc23)c1. The molecule has 0 fully saturated rings. The second kappa shape index (κ2) is 9.50. The summed E-state index contributed by atoms with van der Waals surface area (Å²) in [6.45, 7) is 4.51. The van der Waals surface area contributed by atoms with Crippen molar-refractivity contribution in [3.8, 4) is 28.0 Å². The minimum absolute atomic E-state index is 0.0680. The molecule has 0 aliphatic heterocycles. The van der Waals surface area contributed by atoms with Crippen LogP contribution < -0.4 is 4.74 Å². The number of aromatic nitrogens is 1. The van der Waals surface area contributed by atoms with Crippen molar-refractivity contribution in [2.75, 3.05) is 0 Å². The Morgan fingerprint density at radius 1 is 0.750 bits per heavy atom.